The average molecular weight is 333 g/mol. The quantitative estimate of drug-likeness (QED) is 0.890. The van der Waals surface area contributed by atoms with Crippen LogP contribution >= 0.6 is 12.4 Å². The molecular formula is C15H25ClN2O2S. The topological polar surface area (TPSA) is 72.2 Å². The molecule has 21 heavy (non-hydrogen) atoms. The summed E-state index contributed by atoms with van der Waals surface area (Å²) in [5.74, 6) is 0.317. The van der Waals surface area contributed by atoms with Crippen molar-refractivity contribution in [3.8, 4) is 0 Å². The maximum absolute atomic E-state index is 12.4. The van der Waals surface area contributed by atoms with Crippen LogP contribution in [0.2, 0.25) is 0 Å². The first-order valence-corrected chi connectivity index (χ1v) is 8.74. The summed E-state index contributed by atoms with van der Waals surface area (Å²) < 4.78 is 27.6. The van der Waals surface area contributed by atoms with Crippen molar-refractivity contribution in [2.75, 3.05) is 0 Å². The van der Waals surface area contributed by atoms with Gasteiger partial charge < -0.3 is 5.73 Å². The van der Waals surface area contributed by atoms with E-state index in [0.717, 1.165) is 31.2 Å². The molecule has 0 amide bonds. The van der Waals surface area contributed by atoms with Gasteiger partial charge in [-0.05, 0) is 49.3 Å². The predicted octanol–water partition coefficient (Wildman–Crippen LogP) is 2.78. The molecule has 0 aliphatic heterocycles. The molecule has 0 heterocycles. The van der Waals surface area contributed by atoms with Crippen LogP contribution in [0.5, 0.6) is 0 Å². The molecule has 0 saturated heterocycles. The van der Waals surface area contributed by atoms with Crippen molar-refractivity contribution in [3.05, 3.63) is 29.8 Å². The Bertz CT molecular complexity index is 553. The molecule has 0 unspecified atom stereocenters. The van der Waals surface area contributed by atoms with E-state index in [1.54, 1.807) is 18.2 Å². The van der Waals surface area contributed by atoms with Crippen LogP contribution in [-0.2, 0) is 10.0 Å². The molecule has 4 nitrogen and oxygen atoms in total. The lowest BCUT2D eigenvalue weighted by Crippen LogP contribution is -2.40. The Balaban J connectivity index is 0.00000220. The number of hydrogen-bond acceptors (Lipinski definition) is 3. The van der Waals surface area contributed by atoms with E-state index < -0.39 is 10.0 Å². The summed E-state index contributed by atoms with van der Waals surface area (Å²) in [6.07, 6.45) is 3.42. The van der Waals surface area contributed by atoms with Gasteiger partial charge in [0.25, 0.3) is 0 Å². The lowest BCUT2D eigenvalue weighted by molar-refractivity contribution is 0.373. The molecule has 0 aromatic heterocycles. The third-order valence-electron chi connectivity index (χ3n) is 3.93. The van der Waals surface area contributed by atoms with E-state index in [-0.39, 0.29) is 24.5 Å². The number of hydrogen-bond donors (Lipinski definition) is 2. The normalized spacial score (nSPS) is 22.9. The smallest absolute Gasteiger partial charge is 0.240 e. The Morgan fingerprint density at radius 1 is 1.19 bits per heavy atom. The summed E-state index contributed by atoms with van der Waals surface area (Å²) >= 11 is 0. The Morgan fingerprint density at radius 3 is 2.38 bits per heavy atom. The Labute approximate surface area is 134 Å². The minimum absolute atomic E-state index is 0. The van der Waals surface area contributed by atoms with E-state index in [9.17, 15) is 8.42 Å². The van der Waals surface area contributed by atoms with Gasteiger partial charge in [0.2, 0.25) is 10.0 Å². The minimum atomic E-state index is -3.42. The van der Waals surface area contributed by atoms with Gasteiger partial charge in [-0.15, -0.1) is 12.4 Å². The van der Waals surface area contributed by atoms with Crippen molar-refractivity contribution in [2.45, 2.75) is 62.4 Å². The second kappa shape index (κ2) is 7.58. The molecule has 6 heteroatoms. The predicted molar refractivity (Wildman–Crippen MR) is 88.3 cm³/mol. The summed E-state index contributed by atoms with van der Waals surface area (Å²) in [6.45, 7) is 4.11. The van der Waals surface area contributed by atoms with Crippen LogP contribution in [0.3, 0.4) is 0 Å². The zero-order valence-electron chi connectivity index (χ0n) is 12.6. The monoisotopic (exact) mass is 332 g/mol. The van der Waals surface area contributed by atoms with Crippen LogP contribution in [0.15, 0.2) is 29.2 Å². The van der Waals surface area contributed by atoms with Gasteiger partial charge in [0.15, 0.2) is 0 Å². The van der Waals surface area contributed by atoms with Crippen molar-refractivity contribution in [3.63, 3.8) is 0 Å². The fourth-order valence-corrected chi connectivity index (χ4v) is 3.92. The van der Waals surface area contributed by atoms with Crippen molar-refractivity contribution < 1.29 is 8.42 Å². The van der Waals surface area contributed by atoms with E-state index >= 15 is 0 Å². The number of halogens is 1. The van der Waals surface area contributed by atoms with Crippen LogP contribution in [0, 0.1) is 0 Å². The highest BCUT2D eigenvalue weighted by Crippen LogP contribution is 2.22. The van der Waals surface area contributed by atoms with Crippen LogP contribution < -0.4 is 10.5 Å². The van der Waals surface area contributed by atoms with Gasteiger partial charge in [-0.3, -0.25) is 0 Å². The summed E-state index contributed by atoms with van der Waals surface area (Å²) in [6, 6.07) is 7.43. The second-order valence-corrected chi connectivity index (χ2v) is 7.67. The first kappa shape index (κ1) is 18.4. The van der Waals surface area contributed by atoms with E-state index in [0.29, 0.717) is 10.8 Å². The van der Waals surface area contributed by atoms with Gasteiger partial charge in [-0.25, -0.2) is 13.1 Å². The van der Waals surface area contributed by atoms with E-state index in [1.807, 2.05) is 6.07 Å². The van der Waals surface area contributed by atoms with E-state index in [4.69, 9.17) is 5.73 Å². The highest BCUT2D eigenvalue weighted by molar-refractivity contribution is 7.89. The molecule has 1 aliphatic rings. The Morgan fingerprint density at radius 2 is 1.81 bits per heavy atom. The van der Waals surface area contributed by atoms with Gasteiger partial charge in [0.05, 0.1) is 4.90 Å². The fraction of sp³-hybridized carbons (Fsp3) is 0.600. The van der Waals surface area contributed by atoms with Crippen LogP contribution in [0.4, 0.5) is 0 Å². The molecule has 0 spiro atoms. The Kier molecular flexibility index (Phi) is 6.66. The molecule has 0 atom stereocenters. The van der Waals surface area contributed by atoms with Crippen LogP contribution in [-0.4, -0.2) is 20.5 Å². The van der Waals surface area contributed by atoms with E-state index in [1.165, 1.54) is 0 Å². The minimum Gasteiger partial charge on any atom is -0.328 e. The van der Waals surface area contributed by atoms with Crippen LogP contribution in [0.25, 0.3) is 0 Å². The van der Waals surface area contributed by atoms with Gasteiger partial charge in [-0.2, -0.15) is 0 Å². The largest absolute Gasteiger partial charge is 0.328 e. The highest BCUT2D eigenvalue weighted by atomic mass is 35.5. The van der Waals surface area contributed by atoms with Gasteiger partial charge in [0, 0.05) is 12.1 Å². The molecule has 1 saturated carbocycles. The summed E-state index contributed by atoms with van der Waals surface area (Å²) in [5, 5.41) is 0. The average Bonchev–Trinajstić information content (AvgIpc) is 2.41. The third kappa shape index (κ3) is 4.95. The highest BCUT2D eigenvalue weighted by Gasteiger charge is 2.24. The van der Waals surface area contributed by atoms with Crippen molar-refractivity contribution >= 4 is 22.4 Å². The standard InChI is InChI=1S/C15H24N2O2S.ClH/c1-11(2)12-4-3-5-15(10-12)20(18,19)17-14-8-6-13(16)7-9-14;/h3-5,10-11,13-14,17H,6-9,16H2,1-2H3;1H. The zero-order chi connectivity index (χ0) is 14.8. The third-order valence-corrected chi connectivity index (χ3v) is 5.45. The van der Waals surface area contributed by atoms with E-state index in [2.05, 4.69) is 18.6 Å². The number of nitrogens with one attached hydrogen (secondary N) is 1. The maximum atomic E-state index is 12.4. The molecule has 1 aromatic rings. The molecule has 0 bridgehead atoms. The molecule has 120 valence electrons. The molecular weight excluding hydrogens is 308 g/mol. The number of benzene rings is 1. The lowest BCUT2D eigenvalue weighted by Gasteiger charge is -2.26. The number of nitrogens with two attached hydrogens (primary N) is 1. The summed E-state index contributed by atoms with van der Waals surface area (Å²) in [4.78, 5) is 0.360. The van der Waals surface area contributed by atoms with Crippen LogP contribution in [0.1, 0.15) is 51.0 Å². The van der Waals surface area contributed by atoms with Crippen molar-refractivity contribution in [1.82, 2.24) is 4.72 Å². The zero-order valence-corrected chi connectivity index (χ0v) is 14.2. The lowest BCUT2D eigenvalue weighted by atomic mass is 9.93. The molecule has 1 aliphatic carbocycles. The number of rotatable bonds is 4. The second-order valence-electron chi connectivity index (χ2n) is 5.96. The van der Waals surface area contributed by atoms with Gasteiger partial charge in [-0.1, -0.05) is 26.0 Å². The first-order valence-electron chi connectivity index (χ1n) is 7.26. The molecule has 3 N–H and O–H groups in total. The maximum Gasteiger partial charge on any atom is 0.240 e. The van der Waals surface area contributed by atoms with Gasteiger partial charge in [0.1, 0.15) is 0 Å². The molecule has 0 radical (unpaired) electrons. The summed E-state index contributed by atoms with van der Waals surface area (Å²) in [5.41, 5.74) is 6.89. The number of sulfonamides is 1. The molecule has 1 fully saturated rings. The Hall–Kier alpha value is -0.620. The SMILES string of the molecule is CC(C)c1cccc(S(=O)(=O)NC2CCC(N)CC2)c1.Cl. The first-order chi connectivity index (χ1) is 9.38. The molecule has 1 aromatic carbocycles. The van der Waals surface area contributed by atoms with Gasteiger partial charge >= 0.3 is 0 Å². The fourth-order valence-electron chi connectivity index (χ4n) is 2.57. The summed E-state index contributed by atoms with van der Waals surface area (Å²) in [7, 11) is -3.42. The van der Waals surface area contributed by atoms with Crippen molar-refractivity contribution in [1.29, 1.82) is 0 Å². The molecule has 2 rings (SSSR count). The van der Waals surface area contributed by atoms with Crippen molar-refractivity contribution in [2.24, 2.45) is 5.73 Å².